The molecule has 0 spiro atoms. The van der Waals surface area contributed by atoms with Crippen LogP contribution in [0.2, 0.25) is 0 Å². The summed E-state index contributed by atoms with van der Waals surface area (Å²) in [5.41, 5.74) is -0.404. The lowest BCUT2D eigenvalue weighted by atomic mass is 9.75. The second kappa shape index (κ2) is 5.21. The Morgan fingerprint density at radius 2 is 1.95 bits per heavy atom. The van der Waals surface area contributed by atoms with Crippen molar-refractivity contribution in [3.05, 3.63) is 0 Å². The Bertz CT molecular complexity index is 349. The van der Waals surface area contributed by atoms with Crippen LogP contribution in [-0.2, 0) is 4.74 Å². The van der Waals surface area contributed by atoms with E-state index in [0.29, 0.717) is 5.92 Å². The van der Waals surface area contributed by atoms with Gasteiger partial charge in [-0.15, -0.1) is 0 Å². The van der Waals surface area contributed by atoms with Gasteiger partial charge in [-0.25, -0.2) is 4.79 Å². The number of hydrogen-bond acceptors (Lipinski definition) is 3. The number of amides is 1. The van der Waals surface area contributed by atoms with Crippen molar-refractivity contribution in [3.8, 4) is 0 Å². The van der Waals surface area contributed by atoms with Crippen LogP contribution in [0.1, 0.15) is 46.5 Å². The van der Waals surface area contributed by atoms with Crippen molar-refractivity contribution in [1.29, 1.82) is 0 Å². The predicted octanol–water partition coefficient (Wildman–Crippen LogP) is 2.63. The summed E-state index contributed by atoms with van der Waals surface area (Å²) >= 11 is 0. The highest BCUT2D eigenvalue weighted by Gasteiger charge is 2.47. The molecule has 4 aliphatic rings. The van der Waals surface area contributed by atoms with E-state index in [2.05, 4.69) is 10.2 Å². The van der Waals surface area contributed by atoms with Gasteiger partial charge in [-0.3, -0.25) is 0 Å². The van der Waals surface area contributed by atoms with Gasteiger partial charge in [-0.05, 0) is 77.3 Å². The van der Waals surface area contributed by atoms with Crippen molar-refractivity contribution in [3.63, 3.8) is 0 Å². The highest BCUT2D eigenvalue weighted by atomic mass is 16.6. The van der Waals surface area contributed by atoms with Gasteiger partial charge in [0.25, 0.3) is 0 Å². The highest BCUT2D eigenvalue weighted by Crippen LogP contribution is 2.47. The number of nitrogens with zero attached hydrogens (tertiary/aromatic N) is 1. The molecule has 1 amide bonds. The monoisotopic (exact) mass is 280 g/mol. The van der Waals surface area contributed by atoms with Crippen LogP contribution >= 0.6 is 0 Å². The summed E-state index contributed by atoms with van der Waals surface area (Å²) in [5.74, 6) is 2.48. The van der Waals surface area contributed by atoms with Crippen LogP contribution in [0.15, 0.2) is 0 Å². The van der Waals surface area contributed by atoms with Gasteiger partial charge in [0.05, 0.1) is 0 Å². The van der Waals surface area contributed by atoms with E-state index >= 15 is 0 Å². The minimum atomic E-state index is -0.404. The Morgan fingerprint density at radius 1 is 1.25 bits per heavy atom. The first kappa shape index (κ1) is 14.2. The molecule has 4 heteroatoms. The molecule has 1 aliphatic carbocycles. The number of rotatable bonds is 2. The molecule has 1 N–H and O–H groups in total. The van der Waals surface area contributed by atoms with Gasteiger partial charge in [0, 0.05) is 12.6 Å². The van der Waals surface area contributed by atoms with Crippen LogP contribution < -0.4 is 5.32 Å². The third kappa shape index (κ3) is 2.95. The fourth-order valence-corrected chi connectivity index (χ4v) is 4.47. The lowest BCUT2D eigenvalue weighted by Gasteiger charge is -2.48. The molecule has 0 radical (unpaired) electrons. The quantitative estimate of drug-likeness (QED) is 0.845. The lowest BCUT2D eigenvalue weighted by molar-refractivity contribution is 0.00792. The molecule has 2 bridgehead atoms. The molecule has 0 aromatic carbocycles. The van der Waals surface area contributed by atoms with E-state index in [1.165, 1.54) is 38.8 Å². The zero-order valence-corrected chi connectivity index (χ0v) is 13.0. The molecule has 0 aromatic heterocycles. The summed E-state index contributed by atoms with van der Waals surface area (Å²) in [6.45, 7) is 9.10. The smallest absolute Gasteiger partial charge is 0.407 e. The van der Waals surface area contributed by atoms with Gasteiger partial charge in [0.2, 0.25) is 0 Å². The first-order valence-electron chi connectivity index (χ1n) is 8.13. The molecule has 114 valence electrons. The van der Waals surface area contributed by atoms with E-state index in [9.17, 15) is 4.79 Å². The van der Waals surface area contributed by atoms with E-state index in [-0.39, 0.29) is 6.09 Å². The Balaban J connectivity index is 1.48. The number of fused-ring (bicyclic) bond motifs is 2. The summed E-state index contributed by atoms with van der Waals surface area (Å²) in [6, 6.07) is 0.799. The molecular formula is C16H28N2O2. The SMILES string of the molecule is CC(C)(C)OC(=O)NCC1CC2C3CCN(CC3)C2C1. The van der Waals surface area contributed by atoms with Crippen LogP contribution in [-0.4, -0.2) is 42.3 Å². The van der Waals surface area contributed by atoms with E-state index in [0.717, 1.165) is 24.4 Å². The topological polar surface area (TPSA) is 41.6 Å². The van der Waals surface area contributed by atoms with Crippen molar-refractivity contribution >= 4 is 6.09 Å². The third-order valence-electron chi connectivity index (χ3n) is 5.26. The minimum Gasteiger partial charge on any atom is -0.444 e. The Kier molecular flexibility index (Phi) is 3.69. The predicted molar refractivity (Wildman–Crippen MR) is 78.5 cm³/mol. The van der Waals surface area contributed by atoms with Gasteiger partial charge in [0.15, 0.2) is 0 Å². The van der Waals surface area contributed by atoms with Gasteiger partial charge < -0.3 is 15.0 Å². The zero-order valence-electron chi connectivity index (χ0n) is 13.0. The molecule has 4 rings (SSSR count). The van der Waals surface area contributed by atoms with Gasteiger partial charge in [-0.1, -0.05) is 0 Å². The molecule has 0 aromatic rings. The maximum Gasteiger partial charge on any atom is 0.407 e. The fraction of sp³-hybridized carbons (Fsp3) is 0.938. The number of carbonyl (C=O) groups is 1. The molecule has 3 unspecified atom stereocenters. The van der Waals surface area contributed by atoms with Crippen molar-refractivity contribution < 1.29 is 9.53 Å². The summed E-state index contributed by atoms with van der Waals surface area (Å²) in [6.07, 6.45) is 5.08. The molecule has 3 aliphatic heterocycles. The average molecular weight is 280 g/mol. The van der Waals surface area contributed by atoms with Gasteiger partial charge in [0.1, 0.15) is 5.60 Å². The molecular weight excluding hydrogens is 252 g/mol. The lowest BCUT2D eigenvalue weighted by Crippen LogP contribution is -2.52. The highest BCUT2D eigenvalue weighted by molar-refractivity contribution is 5.67. The largest absolute Gasteiger partial charge is 0.444 e. The Hall–Kier alpha value is -0.770. The van der Waals surface area contributed by atoms with Gasteiger partial charge in [-0.2, -0.15) is 0 Å². The normalized spacial score (nSPS) is 39.5. The van der Waals surface area contributed by atoms with E-state index in [1.807, 2.05) is 20.8 Å². The molecule has 4 fully saturated rings. The third-order valence-corrected chi connectivity index (χ3v) is 5.26. The summed E-state index contributed by atoms with van der Waals surface area (Å²) in [5, 5.41) is 2.96. The number of alkyl carbamates (subject to hydrolysis) is 1. The molecule has 3 atom stereocenters. The van der Waals surface area contributed by atoms with Crippen molar-refractivity contribution in [2.24, 2.45) is 17.8 Å². The summed E-state index contributed by atoms with van der Waals surface area (Å²) in [4.78, 5) is 14.4. The molecule has 20 heavy (non-hydrogen) atoms. The van der Waals surface area contributed by atoms with E-state index in [1.54, 1.807) is 0 Å². The standard InChI is InChI=1S/C16H28N2O2/c1-16(2,3)20-15(19)17-10-11-8-13-12-4-6-18(7-5-12)14(13)9-11/h11-14H,4-10H2,1-3H3,(H,17,19). The molecule has 1 saturated carbocycles. The Labute approximate surface area is 122 Å². The molecule has 3 heterocycles. The average Bonchev–Trinajstić information content (AvgIpc) is 2.81. The van der Waals surface area contributed by atoms with E-state index < -0.39 is 5.60 Å². The number of ether oxygens (including phenoxy) is 1. The maximum absolute atomic E-state index is 11.7. The second-order valence-electron chi connectivity index (χ2n) is 7.82. The zero-order chi connectivity index (χ0) is 14.3. The van der Waals surface area contributed by atoms with Crippen LogP contribution in [0.25, 0.3) is 0 Å². The first-order chi connectivity index (χ1) is 9.42. The summed E-state index contributed by atoms with van der Waals surface area (Å²) < 4.78 is 5.31. The number of hydrogen-bond donors (Lipinski definition) is 1. The maximum atomic E-state index is 11.7. The second-order valence-corrected chi connectivity index (χ2v) is 7.82. The first-order valence-corrected chi connectivity index (χ1v) is 8.13. The van der Waals surface area contributed by atoms with Crippen LogP contribution in [0.4, 0.5) is 4.79 Å². The number of carbonyl (C=O) groups excluding carboxylic acids is 1. The molecule has 3 saturated heterocycles. The summed E-state index contributed by atoms with van der Waals surface area (Å²) in [7, 11) is 0. The van der Waals surface area contributed by atoms with E-state index in [4.69, 9.17) is 4.74 Å². The van der Waals surface area contributed by atoms with Crippen LogP contribution in [0.5, 0.6) is 0 Å². The van der Waals surface area contributed by atoms with Crippen molar-refractivity contribution in [2.45, 2.75) is 58.1 Å². The van der Waals surface area contributed by atoms with Crippen LogP contribution in [0.3, 0.4) is 0 Å². The minimum absolute atomic E-state index is 0.268. The van der Waals surface area contributed by atoms with Gasteiger partial charge >= 0.3 is 6.09 Å². The number of piperidine rings is 3. The molecule has 4 nitrogen and oxygen atoms in total. The van der Waals surface area contributed by atoms with Crippen molar-refractivity contribution in [2.75, 3.05) is 19.6 Å². The van der Waals surface area contributed by atoms with Crippen molar-refractivity contribution in [1.82, 2.24) is 10.2 Å². The Morgan fingerprint density at radius 3 is 2.55 bits per heavy atom. The van der Waals surface area contributed by atoms with Crippen LogP contribution in [0, 0.1) is 17.8 Å². The fourth-order valence-electron chi connectivity index (χ4n) is 4.47. The number of nitrogens with one attached hydrogen (secondary N) is 1.